The molecule has 0 saturated carbocycles. The zero-order chi connectivity index (χ0) is 9.26. The molecule has 2 rings (SSSR count). The van der Waals surface area contributed by atoms with Gasteiger partial charge < -0.3 is 15.2 Å². The monoisotopic (exact) mass is 179 g/mol. The second-order valence-corrected chi connectivity index (χ2v) is 3.22. The van der Waals surface area contributed by atoms with Crippen molar-refractivity contribution >= 4 is 0 Å². The summed E-state index contributed by atoms with van der Waals surface area (Å²) in [5, 5.41) is 0. The molecule has 0 amide bonds. The van der Waals surface area contributed by atoms with Crippen molar-refractivity contribution in [2.24, 2.45) is 5.73 Å². The normalized spacial score (nSPS) is 20.3. The Morgan fingerprint density at radius 3 is 3.15 bits per heavy atom. The number of fused-ring (bicyclic) bond motifs is 1. The van der Waals surface area contributed by atoms with Gasteiger partial charge in [0.25, 0.3) is 0 Å². The van der Waals surface area contributed by atoms with Crippen molar-refractivity contribution in [3.05, 3.63) is 23.8 Å². The van der Waals surface area contributed by atoms with E-state index in [4.69, 9.17) is 15.2 Å². The Hall–Kier alpha value is -1.22. The maximum absolute atomic E-state index is 5.78. The largest absolute Gasteiger partial charge is 0.493 e. The molecule has 0 fully saturated rings. The number of hydrogen-bond donors (Lipinski definition) is 1. The molecular weight excluding hydrogens is 166 g/mol. The number of ether oxygens (including phenoxy) is 2. The molecule has 1 aromatic rings. The topological polar surface area (TPSA) is 44.5 Å². The van der Waals surface area contributed by atoms with Gasteiger partial charge in [-0.05, 0) is 18.1 Å². The van der Waals surface area contributed by atoms with Gasteiger partial charge in [-0.15, -0.1) is 0 Å². The van der Waals surface area contributed by atoms with Crippen LogP contribution in [0.5, 0.6) is 11.5 Å². The highest BCUT2D eigenvalue weighted by Crippen LogP contribution is 2.33. The lowest BCUT2D eigenvalue weighted by atomic mass is 10.0. The third-order valence-electron chi connectivity index (χ3n) is 2.20. The first-order chi connectivity index (χ1) is 6.31. The second kappa shape index (κ2) is 3.26. The van der Waals surface area contributed by atoms with Crippen molar-refractivity contribution in [2.75, 3.05) is 13.7 Å². The Balaban J connectivity index is 2.39. The van der Waals surface area contributed by atoms with Crippen LogP contribution in [0.4, 0.5) is 0 Å². The Morgan fingerprint density at radius 1 is 1.54 bits per heavy atom. The summed E-state index contributed by atoms with van der Waals surface area (Å²) in [6.07, 6.45) is 0.868. The second-order valence-electron chi connectivity index (χ2n) is 3.22. The highest BCUT2D eigenvalue weighted by atomic mass is 16.5. The first-order valence-corrected chi connectivity index (χ1v) is 4.35. The van der Waals surface area contributed by atoms with Gasteiger partial charge in [0.2, 0.25) is 0 Å². The van der Waals surface area contributed by atoms with Crippen molar-refractivity contribution in [3.63, 3.8) is 0 Å². The number of rotatable bonds is 1. The van der Waals surface area contributed by atoms with Crippen LogP contribution in [0.25, 0.3) is 0 Å². The highest BCUT2D eigenvalue weighted by molar-refractivity contribution is 5.47. The fourth-order valence-electron chi connectivity index (χ4n) is 1.58. The van der Waals surface area contributed by atoms with Crippen molar-refractivity contribution in [2.45, 2.75) is 12.5 Å². The van der Waals surface area contributed by atoms with Crippen LogP contribution in [0.15, 0.2) is 18.2 Å². The van der Waals surface area contributed by atoms with Gasteiger partial charge in [-0.2, -0.15) is 0 Å². The van der Waals surface area contributed by atoms with Gasteiger partial charge in [0, 0.05) is 6.04 Å². The Labute approximate surface area is 77.5 Å². The van der Waals surface area contributed by atoms with Crippen LogP contribution in [0.3, 0.4) is 0 Å². The average Bonchev–Trinajstić information content (AvgIpc) is 2.16. The molecule has 0 saturated heterocycles. The molecule has 0 bridgehead atoms. The van der Waals surface area contributed by atoms with E-state index in [2.05, 4.69) is 0 Å². The summed E-state index contributed by atoms with van der Waals surface area (Å²) in [4.78, 5) is 0. The van der Waals surface area contributed by atoms with Crippen molar-refractivity contribution in [1.29, 1.82) is 0 Å². The van der Waals surface area contributed by atoms with Gasteiger partial charge in [0.1, 0.15) is 6.61 Å². The molecule has 0 unspecified atom stereocenters. The number of hydrogen-bond acceptors (Lipinski definition) is 3. The van der Waals surface area contributed by atoms with Gasteiger partial charge >= 0.3 is 0 Å². The molecule has 1 heterocycles. The lowest BCUT2D eigenvalue weighted by molar-refractivity contribution is 0.248. The van der Waals surface area contributed by atoms with Gasteiger partial charge in [-0.3, -0.25) is 0 Å². The first-order valence-electron chi connectivity index (χ1n) is 4.35. The smallest absolute Gasteiger partial charge is 0.164 e. The highest BCUT2D eigenvalue weighted by Gasteiger charge is 2.19. The SMILES string of the molecule is COc1cccc2c1OC[C@H](N)C2. The molecular formula is C10H13NO2. The summed E-state index contributed by atoms with van der Waals surface area (Å²) in [5.74, 6) is 1.65. The fourth-order valence-corrected chi connectivity index (χ4v) is 1.58. The predicted octanol–water partition coefficient (Wildman–Crippen LogP) is 0.957. The third kappa shape index (κ3) is 1.47. The molecule has 1 atom stereocenters. The number of para-hydroxylation sites is 1. The molecule has 2 N–H and O–H groups in total. The van der Waals surface area contributed by atoms with E-state index in [1.807, 2.05) is 18.2 Å². The van der Waals surface area contributed by atoms with Crippen LogP contribution in [0, 0.1) is 0 Å². The lowest BCUT2D eigenvalue weighted by Gasteiger charge is -2.23. The molecule has 3 heteroatoms. The summed E-state index contributed by atoms with van der Waals surface area (Å²) in [6.45, 7) is 0.577. The zero-order valence-corrected chi connectivity index (χ0v) is 7.62. The van der Waals surface area contributed by atoms with Crippen molar-refractivity contribution < 1.29 is 9.47 Å². The first kappa shape index (κ1) is 8.38. The molecule has 70 valence electrons. The Bertz CT molecular complexity index is 312. The van der Waals surface area contributed by atoms with E-state index in [0.29, 0.717) is 6.61 Å². The minimum absolute atomic E-state index is 0.111. The standard InChI is InChI=1S/C10H13NO2/c1-12-9-4-2-3-7-5-8(11)6-13-10(7)9/h2-4,8H,5-6,11H2,1H3/t8-/m1/s1. The van der Waals surface area contributed by atoms with E-state index in [-0.39, 0.29) is 6.04 Å². The van der Waals surface area contributed by atoms with Crippen LogP contribution in [-0.4, -0.2) is 19.8 Å². The maximum Gasteiger partial charge on any atom is 0.164 e. The molecule has 0 radical (unpaired) electrons. The van der Waals surface area contributed by atoms with Crippen LogP contribution >= 0.6 is 0 Å². The summed E-state index contributed by atoms with van der Waals surface area (Å²) < 4.78 is 10.7. The third-order valence-corrected chi connectivity index (χ3v) is 2.20. The molecule has 3 nitrogen and oxygen atoms in total. The van der Waals surface area contributed by atoms with Crippen molar-refractivity contribution in [1.82, 2.24) is 0 Å². The number of methoxy groups -OCH3 is 1. The Kier molecular flexibility index (Phi) is 2.10. The summed E-state index contributed by atoms with van der Waals surface area (Å²) in [5.41, 5.74) is 6.91. The van der Waals surface area contributed by atoms with E-state index in [9.17, 15) is 0 Å². The van der Waals surface area contributed by atoms with Gasteiger partial charge in [-0.25, -0.2) is 0 Å². The number of benzene rings is 1. The van der Waals surface area contributed by atoms with Crippen LogP contribution < -0.4 is 15.2 Å². The van der Waals surface area contributed by atoms with Crippen LogP contribution in [-0.2, 0) is 6.42 Å². The quantitative estimate of drug-likeness (QED) is 0.698. The molecule has 0 aliphatic carbocycles. The lowest BCUT2D eigenvalue weighted by Crippen LogP contribution is -2.33. The molecule has 1 aliphatic heterocycles. The average molecular weight is 179 g/mol. The van der Waals surface area contributed by atoms with E-state index in [1.54, 1.807) is 7.11 Å². The minimum Gasteiger partial charge on any atom is -0.493 e. The fraction of sp³-hybridized carbons (Fsp3) is 0.400. The van der Waals surface area contributed by atoms with Gasteiger partial charge in [-0.1, -0.05) is 12.1 Å². The van der Waals surface area contributed by atoms with Crippen LogP contribution in [0.1, 0.15) is 5.56 Å². The minimum atomic E-state index is 0.111. The molecule has 13 heavy (non-hydrogen) atoms. The summed E-state index contributed by atoms with van der Waals surface area (Å²) in [7, 11) is 1.65. The van der Waals surface area contributed by atoms with E-state index in [1.165, 1.54) is 0 Å². The Morgan fingerprint density at radius 2 is 2.38 bits per heavy atom. The van der Waals surface area contributed by atoms with Gasteiger partial charge in [0.15, 0.2) is 11.5 Å². The van der Waals surface area contributed by atoms with E-state index < -0.39 is 0 Å². The predicted molar refractivity (Wildman–Crippen MR) is 50.2 cm³/mol. The maximum atomic E-state index is 5.78. The zero-order valence-electron chi connectivity index (χ0n) is 7.62. The number of nitrogens with two attached hydrogens (primary N) is 1. The molecule has 1 aromatic carbocycles. The van der Waals surface area contributed by atoms with Crippen LogP contribution in [0.2, 0.25) is 0 Å². The van der Waals surface area contributed by atoms with E-state index in [0.717, 1.165) is 23.5 Å². The summed E-state index contributed by atoms with van der Waals surface area (Å²) >= 11 is 0. The van der Waals surface area contributed by atoms with E-state index >= 15 is 0 Å². The molecule has 1 aliphatic rings. The van der Waals surface area contributed by atoms with Gasteiger partial charge in [0.05, 0.1) is 7.11 Å². The summed E-state index contributed by atoms with van der Waals surface area (Å²) in [6, 6.07) is 5.99. The van der Waals surface area contributed by atoms with Crippen molar-refractivity contribution in [3.8, 4) is 11.5 Å². The molecule has 0 aromatic heterocycles. The molecule has 0 spiro atoms.